The van der Waals surface area contributed by atoms with Crippen molar-refractivity contribution in [2.45, 2.75) is 13.8 Å². The van der Waals surface area contributed by atoms with Crippen LogP contribution in [-0.2, 0) is 0 Å². The third-order valence-electron chi connectivity index (χ3n) is 3.14. The predicted octanol–water partition coefficient (Wildman–Crippen LogP) is 3.92. The number of hydrogen-bond acceptors (Lipinski definition) is 2. The second-order valence-electron chi connectivity index (χ2n) is 4.94. The molecule has 0 aromatic heterocycles. The Bertz CT molecular complexity index is 647. The molecule has 0 fully saturated rings. The smallest absolute Gasteiger partial charge is 0.260 e. The number of carbonyl (C=O) groups excluding carboxylic acids is 1. The maximum atomic E-state index is 12.5. The van der Waals surface area contributed by atoms with Gasteiger partial charge in [0.15, 0.2) is 0 Å². The summed E-state index contributed by atoms with van der Waals surface area (Å²) in [6, 6.07) is 11.3. The SMILES string of the molecule is Cc1cc(C)cc(N(C)C(=O)c2ccc(Br)cc2N)c1. The van der Waals surface area contributed by atoms with Gasteiger partial charge in [-0.3, -0.25) is 4.79 Å². The summed E-state index contributed by atoms with van der Waals surface area (Å²) in [6.45, 7) is 4.03. The molecule has 0 radical (unpaired) electrons. The van der Waals surface area contributed by atoms with Gasteiger partial charge in [0, 0.05) is 22.9 Å². The summed E-state index contributed by atoms with van der Waals surface area (Å²) in [4.78, 5) is 14.2. The van der Waals surface area contributed by atoms with E-state index in [0.717, 1.165) is 21.3 Å². The summed E-state index contributed by atoms with van der Waals surface area (Å²) in [6.07, 6.45) is 0. The van der Waals surface area contributed by atoms with Crippen molar-refractivity contribution in [1.82, 2.24) is 0 Å². The highest BCUT2D eigenvalue weighted by Gasteiger charge is 2.16. The second kappa shape index (κ2) is 5.67. The summed E-state index contributed by atoms with van der Waals surface area (Å²) in [5.74, 6) is -0.111. The first-order valence-corrected chi connectivity index (χ1v) is 7.09. The fourth-order valence-electron chi connectivity index (χ4n) is 2.17. The van der Waals surface area contributed by atoms with Crippen molar-refractivity contribution in [3.63, 3.8) is 0 Å². The molecule has 0 spiro atoms. The Kier molecular flexibility index (Phi) is 4.14. The molecule has 0 aliphatic heterocycles. The van der Waals surface area contributed by atoms with Gasteiger partial charge in [0.2, 0.25) is 0 Å². The zero-order chi connectivity index (χ0) is 14.9. The van der Waals surface area contributed by atoms with Crippen LogP contribution in [0.5, 0.6) is 0 Å². The summed E-state index contributed by atoms with van der Waals surface area (Å²) < 4.78 is 0.862. The van der Waals surface area contributed by atoms with Crippen LogP contribution in [0.1, 0.15) is 21.5 Å². The number of aryl methyl sites for hydroxylation is 2. The zero-order valence-corrected chi connectivity index (χ0v) is 13.4. The van der Waals surface area contributed by atoms with E-state index in [0.29, 0.717) is 11.3 Å². The number of nitrogens with zero attached hydrogens (tertiary/aromatic N) is 1. The minimum absolute atomic E-state index is 0.111. The van der Waals surface area contributed by atoms with Crippen LogP contribution >= 0.6 is 15.9 Å². The van der Waals surface area contributed by atoms with Crippen LogP contribution in [0, 0.1) is 13.8 Å². The highest BCUT2D eigenvalue weighted by Crippen LogP contribution is 2.23. The first kappa shape index (κ1) is 14.6. The highest BCUT2D eigenvalue weighted by atomic mass is 79.9. The van der Waals surface area contributed by atoms with E-state index in [1.54, 1.807) is 24.1 Å². The normalized spacial score (nSPS) is 10.4. The van der Waals surface area contributed by atoms with Crippen LogP contribution in [0.15, 0.2) is 40.9 Å². The minimum atomic E-state index is -0.111. The van der Waals surface area contributed by atoms with Gasteiger partial charge in [0.1, 0.15) is 0 Å². The minimum Gasteiger partial charge on any atom is -0.398 e. The van der Waals surface area contributed by atoms with Crippen molar-refractivity contribution in [2.75, 3.05) is 17.7 Å². The zero-order valence-electron chi connectivity index (χ0n) is 11.8. The van der Waals surface area contributed by atoms with Gasteiger partial charge in [-0.15, -0.1) is 0 Å². The van der Waals surface area contributed by atoms with Gasteiger partial charge in [-0.05, 0) is 55.3 Å². The largest absolute Gasteiger partial charge is 0.398 e. The number of nitrogen functional groups attached to an aromatic ring is 1. The molecular weight excluding hydrogens is 316 g/mol. The number of benzene rings is 2. The van der Waals surface area contributed by atoms with Crippen LogP contribution in [0.2, 0.25) is 0 Å². The lowest BCUT2D eigenvalue weighted by molar-refractivity contribution is 0.0994. The monoisotopic (exact) mass is 332 g/mol. The average Bonchev–Trinajstić information content (AvgIpc) is 2.36. The van der Waals surface area contributed by atoms with Crippen LogP contribution in [0.25, 0.3) is 0 Å². The molecule has 0 aliphatic carbocycles. The Morgan fingerprint density at radius 1 is 1.10 bits per heavy atom. The summed E-state index contributed by atoms with van der Waals surface area (Å²) >= 11 is 3.34. The van der Waals surface area contributed by atoms with Crippen molar-refractivity contribution in [3.8, 4) is 0 Å². The molecule has 0 saturated carbocycles. The Morgan fingerprint density at radius 3 is 2.25 bits per heavy atom. The van der Waals surface area contributed by atoms with E-state index < -0.39 is 0 Å². The predicted molar refractivity (Wildman–Crippen MR) is 87.2 cm³/mol. The third kappa shape index (κ3) is 3.02. The molecule has 2 N–H and O–H groups in total. The maximum Gasteiger partial charge on any atom is 0.260 e. The molecule has 0 aliphatic rings. The van der Waals surface area contributed by atoms with Crippen molar-refractivity contribution < 1.29 is 4.79 Å². The van der Waals surface area contributed by atoms with E-state index in [9.17, 15) is 4.79 Å². The van der Waals surface area contributed by atoms with Crippen molar-refractivity contribution in [2.24, 2.45) is 0 Å². The van der Waals surface area contributed by atoms with E-state index in [2.05, 4.69) is 22.0 Å². The molecule has 104 valence electrons. The van der Waals surface area contributed by atoms with Crippen molar-refractivity contribution >= 4 is 33.2 Å². The summed E-state index contributed by atoms with van der Waals surface area (Å²) in [5.41, 5.74) is 10.0. The van der Waals surface area contributed by atoms with Gasteiger partial charge in [-0.1, -0.05) is 22.0 Å². The fraction of sp³-hybridized carbons (Fsp3) is 0.188. The van der Waals surface area contributed by atoms with Gasteiger partial charge in [-0.25, -0.2) is 0 Å². The van der Waals surface area contributed by atoms with Gasteiger partial charge < -0.3 is 10.6 Å². The Labute approximate surface area is 127 Å². The van der Waals surface area contributed by atoms with Gasteiger partial charge in [-0.2, -0.15) is 0 Å². The van der Waals surface area contributed by atoms with Gasteiger partial charge in [0.25, 0.3) is 5.91 Å². The lowest BCUT2D eigenvalue weighted by Crippen LogP contribution is -2.27. The van der Waals surface area contributed by atoms with Crippen LogP contribution in [0.4, 0.5) is 11.4 Å². The molecule has 1 amide bonds. The molecule has 4 heteroatoms. The number of halogens is 1. The van der Waals surface area contributed by atoms with Gasteiger partial charge in [0.05, 0.1) is 5.56 Å². The molecule has 2 rings (SSSR count). The standard InChI is InChI=1S/C16H17BrN2O/c1-10-6-11(2)8-13(7-10)19(3)16(20)14-5-4-12(17)9-15(14)18/h4-9H,18H2,1-3H3. The fourth-order valence-corrected chi connectivity index (χ4v) is 2.55. The topological polar surface area (TPSA) is 46.3 Å². The molecule has 0 unspecified atom stereocenters. The van der Waals surface area contributed by atoms with Gasteiger partial charge >= 0.3 is 0 Å². The second-order valence-corrected chi connectivity index (χ2v) is 5.86. The Hall–Kier alpha value is -1.81. The number of rotatable bonds is 2. The first-order chi connectivity index (χ1) is 9.38. The molecule has 2 aromatic rings. The van der Waals surface area contributed by atoms with Crippen molar-refractivity contribution in [3.05, 3.63) is 57.6 Å². The number of amides is 1. The summed E-state index contributed by atoms with van der Waals surface area (Å²) in [5, 5.41) is 0. The number of hydrogen-bond donors (Lipinski definition) is 1. The van der Waals surface area contributed by atoms with Crippen LogP contribution < -0.4 is 10.6 Å². The Balaban J connectivity index is 2.37. The van der Waals surface area contributed by atoms with Crippen LogP contribution in [0.3, 0.4) is 0 Å². The lowest BCUT2D eigenvalue weighted by Gasteiger charge is -2.19. The first-order valence-electron chi connectivity index (χ1n) is 6.30. The number of nitrogens with two attached hydrogens (primary N) is 1. The molecule has 3 nitrogen and oxygen atoms in total. The van der Waals surface area contributed by atoms with Crippen molar-refractivity contribution in [1.29, 1.82) is 0 Å². The molecule has 0 saturated heterocycles. The number of anilines is 2. The third-order valence-corrected chi connectivity index (χ3v) is 3.64. The molecular formula is C16H17BrN2O. The Morgan fingerprint density at radius 2 is 1.70 bits per heavy atom. The van der Waals surface area contributed by atoms with E-state index in [-0.39, 0.29) is 5.91 Å². The highest BCUT2D eigenvalue weighted by molar-refractivity contribution is 9.10. The van der Waals surface area contributed by atoms with E-state index in [4.69, 9.17) is 5.73 Å². The molecule has 0 heterocycles. The lowest BCUT2D eigenvalue weighted by atomic mass is 10.1. The van der Waals surface area contributed by atoms with E-state index in [1.165, 1.54) is 0 Å². The molecule has 0 bridgehead atoms. The molecule has 0 atom stereocenters. The van der Waals surface area contributed by atoms with E-state index in [1.807, 2.05) is 32.0 Å². The quantitative estimate of drug-likeness (QED) is 0.847. The summed E-state index contributed by atoms with van der Waals surface area (Å²) in [7, 11) is 1.76. The maximum absolute atomic E-state index is 12.5. The average molecular weight is 333 g/mol. The number of carbonyl (C=O) groups is 1. The van der Waals surface area contributed by atoms with E-state index >= 15 is 0 Å². The van der Waals surface area contributed by atoms with Crippen LogP contribution in [-0.4, -0.2) is 13.0 Å². The molecule has 20 heavy (non-hydrogen) atoms. The molecule has 2 aromatic carbocycles.